The summed E-state index contributed by atoms with van der Waals surface area (Å²) < 4.78 is 7.38. The number of rotatable bonds is 5. The topological polar surface area (TPSA) is 38.6 Å². The Hall–Kier alpha value is -2.49. The summed E-state index contributed by atoms with van der Waals surface area (Å²) in [5.41, 5.74) is 3.35. The van der Waals surface area contributed by atoms with Crippen LogP contribution in [0.3, 0.4) is 0 Å². The summed E-state index contributed by atoms with van der Waals surface area (Å²) in [6.07, 6.45) is 3.85. The number of nitrogens with one attached hydrogen (secondary N) is 1. The maximum atomic E-state index is 5.50. The smallest absolute Gasteiger partial charge is 0.121 e. The fourth-order valence-corrected chi connectivity index (χ4v) is 2.18. The van der Waals surface area contributed by atoms with E-state index in [1.54, 1.807) is 0 Å². The summed E-state index contributed by atoms with van der Waals surface area (Å²) in [5.74, 6) is 0.886. The van der Waals surface area contributed by atoms with E-state index in [0.29, 0.717) is 6.61 Å². The highest BCUT2D eigenvalue weighted by Gasteiger charge is 2.03. The summed E-state index contributed by atoms with van der Waals surface area (Å²) in [6.45, 7) is 3.40. The molecule has 2 heterocycles. The van der Waals surface area contributed by atoms with Gasteiger partial charge in [0.15, 0.2) is 0 Å². The number of fused-ring (bicyclic) bond motifs is 1. The van der Waals surface area contributed by atoms with Gasteiger partial charge in [-0.15, -0.1) is 0 Å². The van der Waals surface area contributed by atoms with E-state index in [-0.39, 0.29) is 0 Å². The molecule has 0 unspecified atom stereocenters. The maximum absolute atomic E-state index is 5.50. The molecule has 0 aliphatic carbocycles. The monoisotopic (exact) mass is 267 g/mol. The summed E-state index contributed by atoms with van der Waals surface area (Å²) in [4.78, 5) is 0. The SMILES string of the molecule is CCOc1cccc(NCc2cnn3ccccc23)c1. The predicted octanol–water partition coefficient (Wildman–Crippen LogP) is 3.35. The summed E-state index contributed by atoms with van der Waals surface area (Å²) in [6, 6.07) is 14.1. The molecule has 0 spiro atoms. The standard InChI is InChI=1S/C16H17N3O/c1-2-20-15-7-5-6-14(10-15)17-11-13-12-18-19-9-4-3-8-16(13)19/h3-10,12,17H,2,11H2,1H3. The number of hydrogen-bond acceptors (Lipinski definition) is 3. The highest BCUT2D eigenvalue weighted by molar-refractivity contribution is 5.56. The Morgan fingerprint density at radius 3 is 3.05 bits per heavy atom. The van der Waals surface area contributed by atoms with Crippen molar-refractivity contribution in [3.05, 3.63) is 60.4 Å². The summed E-state index contributed by atoms with van der Waals surface area (Å²) >= 11 is 0. The van der Waals surface area contributed by atoms with Crippen molar-refractivity contribution in [2.45, 2.75) is 13.5 Å². The van der Waals surface area contributed by atoms with Gasteiger partial charge in [0.1, 0.15) is 5.75 Å². The molecule has 0 radical (unpaired) electrons. The molecule has 3 rings (SSSR count). The molecule has 3 aromatic rings. The van der Waals surface area contributed by atoms with Gasteiger partial charge in [-0.25, -0.2) is 4.52 Å². The molecular weight excluding hydrogens is 250 g/mol. The van der Waals surface area contributed by atoms with Crippen LogP contribution in [0.1, 0.15) is 12.5 Å². The van der Waals surface area contributed by atoms with E-state index < -0.39 is 0 Å². The Morgan fingerprint density at radius 2 is 2.15 bits per heavy atom. The summed E-state index contributed by atoms with van der Waals surface area (Å²) in [5, 5.41) is 7.73. The molecule has 0 fully saturated rings. The molecule has 1 aromatic carbocycles. The van der Waals surface area contributed by atoms with Crippen LogP contribution in [0.2, 0.25) is 0 Å². The Balaban J connectivity index is 1.74. The van der Waals surface area contributed by atoms with Crippen molar-refractivity contribution >= 4 is 11.2 Å². The lowest BCUT2D eigenvalue weighted by molar-refractivity contribution is 0.340. The van der Waals surface area contributed by atoms with Gasteiger partial charge in [-0.3, -0.25) is 0 Å². The molecule has 4 heteroatoms. The summed E-state index contributed by atoms with van der Waals surface area (Å²) in [7, 11) is 0. The van der Waals surface area contributed by atoms with Crippen LogP contribution in [-0.4, -0.2) is 16.2 Å². The zero-order chi connectivity index (χ0) is 13.8. The van der Waals surface area contributed by atoms with Gasteiger partial charge in [0.05, 0.1) is 18.3 Å². The van der Waals surface area contributed by atoms with Crippen molar-refractivity contribution in [3.63, 3.8) is 0 Å². The first-order chi connectivity index (χ1) is 9.86. The van der Waals surface area contributed by atoms with Crippen LogP contribution in [0.5, 0.6) is 5.75 Å². The third kappa shape index (κ3) is 2.59. The molecule has 0 atom stereocenters. The minimum atomic E-state index is 0.678. The van der Waals surface area contributed by atoms with E-state index in [1.807, 2.05) is 60.2 Å². The van der Waals surface area contributed by atoms with Crippen LogP contribution in [0.4, 0.5) is 5.69 Å². The highest BCUT2D eigenvalue weighted by atomic mass is 16.5. The van der Waals surface area contributed by atoms with Crippen molar-refractivity contribution < 1.29 is 4.74 Å². The number of benzene rings is 1. The van der Waals surface area contributed by atoms with E-state index in [4.69, 9.17) is 4.74 Å². The minimum absolute atomic E-state index is 0.678. The lowest BCUT2D eigenvalue weighted by Crippen LogP contribution is -1.99. The van der Waals surface area contributed by atoms with Gasteiger partial charge in [0, 0.05) is 30.1 Å². The third-order valence-electron chi connectivity index (χ3n) is 3.13. The van der Waals surface area contributed by atoms with E-state index >= 15 is 0 Å². The molecule has 1 N–H and O–H groups in total. The average molecular weight is 267 g/mol. The first kappa shape index (κ1) is 12.5. The van der Waals surface area contributed by atoms with E-state index in [1.165, 1.54) is 5.56 Å². The maximum Gasteiger partial charge on any atom is 0.121 e. The van der Waals surface area contributed by atoms with Gasteiger partial charge in [-0.1, -0.05) is 12.1 Å². The van der Waals surface area contributed by atoms with Crippen molar-refractivity contribution in [1.82, 2.24) is 9.61 Å². The quantitative estimate of drug-likeness (QED) is 0.770. The lowest BCUT2D eigenvalue weighted by atomic mass is 10.2. The van der Waals surface area contributed by atoms with Gasteiger partial charge in [0.25, 0.3) is 0 Å². The first-order valence-electron chi connectivity index (χ1n) is 6.75. The Kier molecular flexibility index (Phi) is 3.54. The fourth-order valence-electron chi connectivity index (χ4n) is 2.18. The van der Waals surface area contributed by atoms with Crippen LogP contribution in [0, 0.1) is 0 Å². The number of anilines is 1. The van der Waals surface area contributed by atoms with E-state index in [9.17, 15) is 0 Å². The van der Waals surface area contributed by atoms with Crippen LogP contribution in [0.15, 0.2) is 54.9 Å². The van der Waals surface area contributed by atoms with Crippen LogP contribution < -0.4 is 10.1 Å². The molecule has 0 saturated heterocycles. The Labute approximate surface area is 118 Å². The molecule has 0 saturated carbocycles. The molecule has 0 bridgehead atoms. The molecule has 0 amide bonds. The second-order valence-electron chi connectivity index (χ2n) is 4.51. The molecule has 20 heavy (non-hydrogen) atoms. The molecule has 0 aliphatic heterocycles. The fraction of sp³-hybridized carbons (Fsp3) is 0.188. The molecular formula is C16H17N3O. The molecule has 2 aromatic heterocycles. The largest absolute Gasteiger partial charge is 0.494 e. The Bertz CT molecular complexity index is 706. The van der Waals surface area contributed by atoms with Gasteiger partial charge >= 0.3 is 0 Å². The van der Waals surface area contributed by atoms with Crippen LogP contribution in [0.25, 0.3) is 5.52 Å². The second kappa shape index (κ2) is 5.65. The highest BCUT2D eigenvalue weighted by Crippen LogP contribution is 2.19. The predicted molar refractivity (Wildman–Crippen MR) is 80.1 cm³/mol. The van der Waals surface area contributed by atoms with E-state index in [2.05, 4.69) is 16.5 Å². The first-order valence-corrected chi connectivity index (χ1v) is 6.75. The zero-order valence-corrected chi connectivity index (χ0v) is 11.4. The zero-order valence-electron chi connectivity index (χ0n) is 11.4. The molecule has 0 aliphatic rings. The van der Waals surface area contributed by atoms with Crippen LogP contribution in [-0.2, 0) is 6.54 Å². The second-order valence-corrected chi connectivity index (χ2v) is 4.51. The van der Waals surface area contributed by atoms with Gasteiger partial charge in [-0.05, 0) is 31.2 Å². The average Bonchev–Trinajstić information content (AvgIpc) is 2.89. The van der Waals surface area contributed by atoms with Crippen molar-refractivity contribution in [2.24, 2.45) is 0 Å². The van der Waals surface area contributed by atoms with Crippen molar-refractivity contribution in [1.29, 1.82) is 0 Å². The van der Waals surface area contributed by atoms with Gasteiger partial charge in [-0.2, -0.15) is 5.10 Å². The van der Waals surface area contributed by atoms with Gasteiger partial charge < -0.3 is 10.1 Å². The molecule has 4 nitrogen and oxygen atoms in total. The number of hydrogen-bond donors (Lipinski definition) is 1. The van der Waals surface area contributed by atoms with Crippen molar-refractivity contribution in [2.75, 3.05) is 11.9 Å². The third-order valence-corrected chi connectivity index (χ3v) is 3.13. The van der Waals surface area contributed by atoms with E-state index in [0.717, 1.165) is 23.5 Å². The van der Waals surface area contributed by atoms with Crippen LogP contribution >= 0.6 is 0 Å². The normalized spacial score (nSPS) is 10.7. The van der Waals surface area contributed by atoms with Gasteiger partial charge in [0.2, 0.25) is 0 Å². The number of nitrogens with zero attached hydrogens (tertiary/aromatic N) is 2. The lowest BCUT2D eigenvalue weighted by Gasteiger charge is -2.08. The minimum Gasteiger partial charge on any atom is -0.494 e. The van der Waals surface area contributed by atoms with Crippen molar-refractivity contribution in [3.8, 4) is 5.75 Å². The molecule has 102 valence electrons. The number of ether oxygens (including phenoxy) is 1. The Morgan fingerprint density at radius 1 is 1.20 bits per heavy atom. The number of pyridine rings is 1. The number of aromatic nitrogens is 2.